The van der Waals surface area contributed by atoms with Crippen molar-refractivity contribution >= 4 is 38.9 Å². The molecule has 0 spiro atoms. The number of aryl methyl sites for hydroxylation is 1. The van der Waals surface area contributed by atoms with Crippen molar-refractivity contribution in [3.63, 3.8) is 0 Å². The van der Waals surface area contributed by atoms with Crippen molar-refractivity contribution < 1.29 is 22.7 Å². The summed E-state index contributed by atoms with van der Waals surface area (Å²) in [4.78, 5) is 26.1. The highest BCUT2D eigenvalue weighted by molar-refractivity contribution is 7.92. The molecule has 4 rings (SSSR count). The maximum Gasteiger partial charge on any atom is 0.277 e. The normalized spacial score (nSPS) is 11.6. The monoisotopic (exact) mass is 576 g/mol. The van der Waals surface area contributed by atoms with Crippen LogP contribution >= 0.6 is 0 Å². The lowest BCUT2D eigenvalue weighted by atomic mass is 9.86. The van der Waals surface area contributed by atoms with E-state index >= 15 is 0 Å². The minimum atomic E-state index is -3.62. The predicted octanol–water partition coefficient (Wildman–Crippen LogP) is 4.76. The zero-order valence-corrected chi connectivity index (χ0v) is 24.5. The molecular formula is C29H32N6O5S. The fourth-order valence-corrected chi connectivity index (χ4v) is 4.60. The van der Waals surface area contributed by atoms with Gasteiger partial charge in [0.2, 0.25) is 10.0 Å². The first-order valence-electron chi connectivity index (χ1n) is 12.7. The van der Waals surface area contributed by atoms with Crippen LogP contribution in [0.1, 0.15) is 52.7 Å². The van der Waals surface area contributed by atoms with Gasteiger partial charge in [0, 0.05) is 11.3 Å². The average molecular weight is 577 g/mol. The molecule has 4 aromatic rings. The van der Waals surface area contributed by atoms with E-state index < -0.39 is 21.8 Å². The van der Waals surface area contributed by atoms with Crippen molar-refractivity contribution in [2.75, 3.05) is 28.7 Å². The van der Waals surface area contributed by atoms with E-state index in [1.165, 1.54) is 18.0 Å². The molecule has 1 heterocycles. The van der Waals surface area contributed by atoms with Crippen LogP contribution in [0, 0.1) is 6.92 Å². The minimum absolute atomic E-state index is 0.109. The third kappa shape index (κ3) is 7.09. The summed E-state index contributed by atoms with van der Waals surface area (Å²) in [5, 5.41) is 13.7. The van der Waals surface area contributed by atoms with E-state index in [1.54, 1.807) is 42.5 Å². The molecule has 0 aliphatic rings. The summed E-state index contributed by atoms with van der Waals surface area (Å²) in [6.07, 6.45) is 2.53. The first-order valence-corrected chi connectivity index (χ1v) is 14.6. The number of rotatable bonds is 8. The fraction of sp³-hybridized carbons (Fsp3) is 0.241. The second-order valence-electron chi connectivity index (χ2n) is 10.6. The molecule has 11 nitrogen and oxygen atoms in total. The topological polar surface area (TPSA) is 144 Å². The van der Waals surface area contributed by atoms with E-state index in [0.29, 0.717) is 22.6 Å². The number of nitrogens with one attached hydrogen (secondary N) is 3. The Hall–Kier alpha value is -4.71. The lowest BCUT2D eigenvalue weighted by Crippen LogP contribution is -2.18. The van der Waals surface area contributed by atoms with Crippen LogP contribution in [0.15, 0.2) is 66.9 Å². The van der Waals surface area contributed by atoms with E-state index in [4.69, 9.17) is 4.74 Å². The van der Waals surface area contributed by atoms with Crippen LogP contribution in [0.25, 0.3) is 5.69 Å². The van der Waals surface area contributed by atoms with Crippen LogP contribution in [-0.4, -0.2) is 48.6 Å². The molecule has 3 N–H and O–H groups in total. The number of para-hydroxylation sites is 1. The minimum Gasteiger partial charge on any atom is -0.492 e. The number of carbonyl (C=O) groups excluding carboxylic acids is 2. The van der Waals surface area contributed by atoms with Crippen LogP contribution in [0.5, 0.6) is 5.75 Å². The van der Waals surface area contributed by atoms with E-state index in [9.17, 15) is 18.0 Å². The lowest BCUT2D eigenvalue weighted by molar-refractivity contribution is 0.101. The van der Waals surface area contributed by atoms with Crippen LogP contribution < -0.4 is 20.1 Å². The quantitative estimate of drug-likeness (QED) is 0.274. The Morgan fingerprint density at radius 2 is 1.61 bits per heavy atom. The molecule has 0 aliphatic heterocycles. The van der Waals surface area contributed by atoms with Gasteiger partial charge in [-0.05, 0) is 59.9 Å². The summed E-state index contributed by atoms with van der Waals surface area (Å²) in [5.74, 6) is -0.698. The predicted molar refractivity (Wildman–Crippen MR) is 159 cm³/mol. The highest BCUT2D eigenvalue weighted by Gasteiger charge is 2.23. The summed E-state index contributed by atoms with van der Waals surface area (Å²) >= 11 is 0. The molecule has 214 valence electrons. The molecule has 0 atom stereocenters. The number of amides is 2. The summed E-state index contributed by atoms with van der Waals surface area (Å²) in [7, 11) is -2.22. The molecule has 0 saturated carbocycles. The van der Waals surface area contributed by atoms with Crippen molar-refractivity contribution in [1.82, 2.24) is 15.0 Å². The van der Waals surface area contributed by atoms with E-state index in [2.05, 4.69) is 25.7 Å². The molecular weight excluding hydrogens is 544 g/mol. The molecule has 3 aromatic carbocycles. The van der Waals surface area contributed by atoms with Gasteiger partial charge < -0.3 is 15.4 Å². The van der Waals surface area contributed by atoms with Crippen molar-refractivity contribution in [3.8, 4) is 11.4 Å². The van der Waals surface area contributed by atoms with Crippen molar-refractivity contribution in [1.29, 1.82) is 0 Å². The number of ether oxygens (including phenoxy) is 1. The maximum absolute atomic E-state index is 13.4. The smallest absolute Gasteiger partial charge is 0.277 e. The third-order valence-corrected chi connectivity index (χ3v) is 6.77. The number of carbonyl (C=O) groups is 2. The number of aromatic nitrogens is 3. The number of sulfonamides is 1. The first kappa shape index (κ1) is 29.3. The van der Waals surface area contributed by atoms with Gasteiger partial charge in [-0.2, -0.15) is 0 Å². The number of anilines is 3. The first-order chi connectivity index (χ1) is 19.2. The van der Waals surface area contributed by atoms with E-state index in [0.717, 1.165) is 17.4 Å². The summed E-state index contributed by atoms with van der Waals surface area (Å²) < 4.78 is 33.5. The van der Waals surface area contributed by atoms with E-state index in [1.807, 2.05) is 45.9 Å². The van der Waals surface area contributed by atoms with Crippen molar-refractivity contribution in [3.05, 3.63) is 89.2 Å². The Labute approximate surface area is 239 Å². The summed E-state index contributed by atoms with van der Waals surface area (Å²) in [6, 6.07) is 17.5. The Bertz CT molecular complexity index is 1710. The van der Waals surface area contributed by atoms with Crippen LogP contribution in [0.4, 0.5) is 17.1 Å². The second-order valence-corrected chi connectivity index (χ2v) is 12.3. The molecule has 0 aliphatic carbocycles. The van der Waals surface area contributed by atoms with Crippen molar-refractivity contribution in [2.45, 2.75) is 33.1 Å². The molecule has 12 heteroatoms. The molecule has 0 bridgehead atoms. The molecule has 0 unspecified atom stereocenters. The van der Waals surface area contributed by atoms with E-state index in [-0.39, 0.29) is 22.5 Å². The Kier molecular flexibility index (Phi) is 8.15. The largest absolute Gasteiger partial charge is 0.492 e. The highest BCUT2D eigenvalue weighted by atomic mass is 32.2. The van der Waals surface area contributed by atoms with Gasteiger partial charge in [-0.3, -0.25) is 14.3 Å². The summed E-state index contributed by atoms with van der Waals surface area (Å²) in [5.41, 5.74) is 3.34. The maximum atomic E-state index is 13.4. The Balaban J connectivity index is 1.64. The number of hydrogen-bond acceptors (Lipinski definition) is 7. The number of benzene rings is 3. The molecule has 2 amide bonds. The SMILES string of the molecule is COc1c(NC(=O)c2ccc(C)c(-n3cc(C(=O)Nc4ccccc4)nn3)c2)cc(C(C)(C)C)cc1NS(C)(=O)=O. The fourth-order valence-electron chi connectivity index (χ4n) is 4.04. The Morgan fingerprint density at radius 3 is 2.24 bits per heavy atom. The van der Waals surface area contributed by atoms with Crippen molar-refractivity contribution in [2.24, 2.45) is 0 Å². The van der Waals surface area contributed by atoms with Gasteiger partial charge in [0.25, 0.3) is 11.8 Å². The van der Waals surface area contributed by atoms with Gasteiger partial charge >= 0.3 is 0 Å². The second kappa shape index (κ2) is 11.4. The van der Waals surface area contributed by atoms with Crippen LogP contribution in [0.2, 0.25) is 0 Å². The van der Waals surface area contributed by atoms with Crippen LogP contribution in [0.3, 0.4) is 0 Å². The number of hydrogen-bond donors (Lipinski definition) is 3. The lowest BCUT2D eigenvalue weighted by Gasteiger charge is -2.24. The Morgan fingerprint density at radius 1 is 0.927 bits per heavy atom. The van der Waals surface area contributed by atoms with Gasteiger partial charge in [-0.1, -0.05) is 50.3 Å². The zero-order chi connectivity index (χ0) is 29.9. The number of nitrogens with zero attached hydrogens (tertiary/aromatic N) is 3. The third-order valence-electron chi connectivity index (χ3n) is 6.18. The zero-order valence-electron chi connectivity index (χ0n) is 23.6. The molecule has 1 aromatic heterocycles. The van der Waals surface area contributed by atoms with Gasteiger partial charge in [-0.25, -0.2) is 13.1 Å². The molecule has 0 radical (unpaired) electrons. The molecule has 0 fully saturated rings. The molecule has 0 saturated heterocycles. The average Bonchev–Trinajstić information content (AvgIpc) is 3.38. The van der Waals surface area contributed by atoms with Gasteiger partial charge in [0.05, 0.1) is 36.6 Å². The number of methoxy groups -OCH3 is 1. The summed E-state index contributed by atoms with van der Waals surface area (Å²) in [6.45, 7) is 7.78. The van der Waals surface area contributed by atoms with Gasteiger partial charge in [0.15, 0.2) is 11.4 Å². The van der Waals surface area contributed by atoms with Crippen LogP contribution in [-0.2, 0) is 15.4 Å². The highest BCUT2D eigenvalue weighted by Crippen LogP contribution is 2.39. The molecule has 41 heavy (non-hydrogen) atoms. The standard InChI is InChI=1S/C29H32N6O5S/c1-18-12-13-19(14-25(18)35-17-24(32-34-35)28(37)30-21-10-8-7-9-11-21)27(36)31-22-15-20(29(2,3)4)16-23(26(22)40-5)33-41(6,38)39/h7-17,33H,1-6H3,(H,30,37)(H,31,36). The van der Waals surface area contributed by atoms with Gasteiger partial charge in [-0.15, -0.1) is 5.10 Å². The van der Waals surface area contributed by atoms with Gasteiger partial charge in [0.1, 0.15) is 0 Å².